The summed E-state index contributed by atoms with van der Waals surface area (Å²) in [5.41, 5.74) is 2.06. The molecular formula is C25H28O5. The number of fused-ring (bicyclic) bond motifs is 2. The van der Waals surface area contributed by atoms with Crippen LogP contribution in [-0.4, -0.2) is 36.0 Å². The summed E-state index contributed by atoms with van der Waals surface area (Å²) in [6.07, 6.45) is 0.0412. The highest BCUT2D eigenvalue weighted by Gasteiger charge is 2.51. The zero-order valence-electron chi connectivity index (χ0n) is 17.2. The van der Waals surface area contributed by atoms with Gasteiger partial charge in [0.25, 0.3) is 0 Å². The first-order valence-electron chi connectivity index (χ1n) is 10.6. The lowest BCUT2D eigenvalue weighted by Gasteiger charge is -2.46. The van der Waals surface area contributed by atoms with Crippen LogP contribution in [0.25, 0.3) is 0 Å². The molecule has 2 aliphatic rings. The third-order valence-electron chi connectivity index (χ3n) is 5.92. The van der Waals surface area contributed by atoms with Crippen LogP contribution in [0, 0.1) is 5.92 Å². The maximum Gasteiger partial charge on any atom is 0.193 e. The summed E-state index contributed by atoms with van der Waals surface area (Å²) in [6, 6.07) is 19.7. The molecule has 2 aromatic carbocycles. The highest BCUT2D eigenvalue weighted by Crippen LogP contribution is 2.38. The molecule has 0 aliphatic carbocycles. The van der Waals surface area contributed by atoms with Crippen LogP contribution in [0.15, 0.2) is 60.7 Å². The Labute approximate surface area is 177 Å². The average molecular weight is 408 g/mol. The Balaban J connectivity index is 1.47. The van der Waals surface area contributed by atoms with Crippen molar-refractivity contribution in [3.8, 4) is 0 Å². The third-order valence-corrected chi connectivity index (χ3v) is 5.92. The van der Waals surface area contributed by atoms with E-state index in [1.54, 1.807) is 6.92 Å². The molecule has 4 rings (SSSR count). The molecule has 2 bridgehead atoms. The molecule has 158 valence electrons. The fourth-order valence-electron chi connectivity index (χ4n) is 4.44. The summed E-state index contributed by atoms with van der Waals surface area (Å²) in [6.45, 7) is 2.33. The van der Waals surface area contributed by atoms with Gasteiger partial charge in [-0.05, 0) is 30.9 Å². The minimum absolute atomic E-state index is 0.0469. The minimum Gasteiger partial charge on any atom is -0.370 e. The van der Waals surface area contributed by atoms with Crippen LogP contribution in [0.4, 0.5) is 0 Å². The molecule has 5 atom stereocenters. The van der Waals surface area contributed by atoms with Crippen LogP contribution >= 0.6 is 0 Å². The van der Waals surface area contributed by atoms with Crippen molar-refractivity contribution >= 4 is 11.6 Å². The smallest absolute Gasteiger partial charge is 0.193 e. The molecule has 2 aliphatic heterocycles. The van der Waals surface area contributed by atoms with Gasteiger partial charge in [0.2, 0.25) is 0 Å². The minimum atomic E-state index is -0.652. The number of hydrogen-bond donors (Lipinski definition) is 0. The highest BCUT2D eigenvalue weighted by molar-refractivity contribution is 5.90. The fraction of sp³-hybridized carbons (Fsp3) is 0.440. The van der Waals surface area contributed by atoms with Gasteiger partial charge in [0.05, 0.1) is 25.4 Å². The van der Waals surface area contributed by atoms with Gasteiger partial charge < -0.3 is 19.0 Å². The van der Waals surface area contributed by atoms with Gasteiger partial charge >= 0.3 is 0 Å². The third kappa shape index (κ3) is 4.86. The molecule has 5 nitrogen and oxygen atoms in total. The monoisotopic (exact) mass is 408 g/mol. The van der Waals surface area contributed by atoms with Gasteiger partial charge in [-0.3, -0.25) is 4.79 Å². The van der Waals surface area contributed by atoms with Crippen molar-refractivity contribution in [2.75, 3.05) is 0 Å². The molecule has 2 heterocycles. The molecule has 0 saturated carbocycles. The Morgan fingerprint density at radius 2 is 1.53 bits per heavy atom. The van der Waals surface area contributed by atoms with E-state index in [1.807, 2.05) is 60.7 Å². The van der Waals surface area contributed by atoms with Crippen LogP contribution in [0.5, 0.6) is 0 Å². The SMILES string of the molecule is CC(=O)C[C@H]1[C@H]2CC[C@@H](OCc3ccccc3)[C@H](O2)C(=O)[C@@H]1OCc1ccccc1. The van der Waals surface area contributed by atoms with Crippen molar-refractivity contribution in [3.05, 3.63) is 71.8 Å². The zero-order chi connectivity index (χ0) is 20.9. The number of benzene rings is 2. The fourth-order valence-corrected chi connectivity index (χ4v) is 4.44. The maximum absolute atomic E-state index is 13.3. The Bertz CT molecular complexity index is 850. The number of rotatable bonds is 8. The van der Waals surface area contributed by atoms with Crippen molar-refractivity contribution in [2.24, 2.45) is 5.92 Å². The second kappa shape index (κ2) is 9.65. The number of ether oxygens (including phenoxy) is 3. The van der Waals surface area contributed by atoms with Gasteiger partial charge in [-0.2, -0.15) is 0 Å². The van der Waals surface area contributed by atoms with Gasteiger partial charge in [0, 0.05) is 12.3 Å². The normalized spacial score (nSPS) is 28.3. The number of carbonyl (C=O) groups excluding carboxylic acids is 2. The van der Waals surface area contributed by atoms with Gasteiger partial charge in [-0.25, -0.2) is 0 Å². The highest BCUT2D eigenvalue weighted by atomic mass is 16.6. The van der Waals surface area contributed by atoms with Crippen LogP contribution < -0.4 is 0 Å². The number of carbonyl (C=O) groups is 2. The maximum atomic E-state index is 13.3. The molecule has 0 unspecified atom stereocenters. The Kier molecular flexibility index (Phi) is 6.72. The molecule has 0 radical (unpaired) electrons. The van der Waals surface area contributed by atoms with E-state index in [0.717, 1.165) is 24.0 Å². The topological polar surface area (TPSA) is 61.8 Å². The van der Waals surface area contributed by atoms with Crippen molar-refractivity contribution in [1.82, 2.24) is 0 Å². The van der Waals surface area contributed by atoms with Crippen molar-refractivity contribution in [3.63, 3.8) is 0 Å². The quantitative estimate of drug-likeness (QED) is 0.663. The molecule has 0 aromatic heterocycles. The first-order chi connectivity index (χ1) is 14.6. The molecule has 2 fully saturated rings. The van der Waals surface area contributed by atoms with E-state index in [9.17, 15) is 9.59 Å². The van der Waals surface area contributed by atoms with Gasteiger partial charge in [0.1, 0.15) is 18.0 Å². The first kappa shape index (κ1) is 20.9. The van der Waals surface area contributed by atoms with Crippen molar-refractivity contribution < 1.29 is 23.8 Å². The van der Waals surface area contributed by atoms with E-state index in [-0.39, 0.29) is 36.1 Å². The summed E-state index contributed by atoms with van der Waals surface area (Å²) < 4.78 is 18.3. The van der Waals surface area contributed by atoms with E-state index >= 15 is 0 Å². The lowest BCUT2D eigenvalue weighted by atomic mass is 9.77. The lowest BCUT2D eigenvalue weighted by Crippen LogP contribution is -2.60. The predicted molar refractivity (Wildman–Crippen MR) is 112 cm³/mol. The summed E-state index contributed by atoms with van der Waals surface area (Å²) in [7, 11) is 0. The Hall–Kier alpha value is -2.34. The molecular weight excluding hydrogens is 380 g/mol. The molecule has 0 amide bonds. The summed E-state index contributed by atoms with van der Waals surface area (Å²) in [5, 5.41) is 0. The van der Waals surface area contributed by atoms with Crippen LogP contribution in [0.2, 0.25) is 0 Å². The Morgan fingerprint density at radius 1 is 0.933 bits per heavy atom. The molecule has 2 saturated heterocycles. The van der Waals surface area contributed by atoms with E-state index in [0.29, 0.717) is 13.2 Å². The molecule has 5 heteroatoms. The first-order valence-corrected chi connectivity index (χ1v) is 10.6. The van der Waals surface area contributed by atoms with E-state index < -0.39 is 12.2 Å². The largest absolute Gasteiger partial charge is 0.370 e. The molecule has 2 aromatic rings. The number of ketones is 2. The summed E-state index contributed by atoms with van der Waals surface area (Å²) in [4.78, 5) is 25.2. The van der Waals surface area contributed by atoms with Crippen LogP contribution in [0.3, 0.4) is 0 Å². The van der Waals surface area contributed by atoms with E-state index in [4.69, 9.17) is 14.2 Å². The second-order valence-corrected chi connectivity index (χ2v) is 8.20. The van der Waals surface area contributed by atoms with Crippen molar-refractivity contribution in [2.45, 2.75) is 63.8 Å². The number of hydrogen-bond acceptors (Lipinski definition) is 5. The van der Waals surface area contributed by atoms with E-state index in [2.05, 4.69) is 0 Å². The predicted octanol–water partition coefficient (Wildman–Crippen LogP) is 3.88. The Morgan fingerprint density at radius 3 is 2.13 bits per heavy atom. The number of Topliss-reactive ketones (excluding diaryl/α,β-unsaturated/α-hetero) is 2. The van der Waals surface area contributed by atoms with Gasteiger partial charge in [-0.1, -0.05) is 60.7 Å². The zero-order valence-corrected chi connectivity index (χ0v) is 17.2. The lowest BCUT2D eigenvalue weighted by molar-refractivity contribution is -0.214. The van der Waals surface area contributed by atoms with Crippen LogP contribution in [-0.2, 0) is 37.0 Å². The van der Waals surface area contributed by atoms with Gasteiger partial charge in [-0.15, -0.1) is 0 Å². The molecule has 30 heavy (non-hydrogen) atoms. The molecule has 0 spiro atoms. The van der Waals surface area contributed by atoms with Gasteiger partial charge in [0.15, 0.2) is 5.78 Å². The van der Waals surface area contributed by atoms with E-state index in [1.165, 1.54) is 0 Å². The molecule has 0 N–H and O–H groups in total. The summed E-state index contributed by atoms with van der Waals surface area (Å²) >= 11 is 0. The van der Waals surface area contributed by atoms with Crippen molar-refractivity contribution in [1.29, 1.82) is 0 Å². The van der Waals surface area contributed by atoms with Crippen LogP contribution in [0.1, 0.15) is 37.3 Å². The second-order valence-electron chi connectivity index (χ2n) is 8.20. The average Bonchev–Trinajstić information content (AvgIpc) is 2.77. The summed E-state index contributed by atoms with van der Waals surface area (Å²) in [5.74, 6) is -0.304. The standard InChI is InChI=1S/C25H28O5/c1-17(26)14-20-21-12-13-22(28-15-18-8-4-2-5-9-18)25(30-21)23(27)24(20)29-16-19-10-6-3-7-11-19/h2-11,20-22,24-25H,12-16H2,1H3/t20-,21+,22+,24+,25-/m0/s1.